The van der Waals surface area contributed by atoms with Crippen LogP contribution in [0.25, 0.3) is 11.0 Å². The minimum atomic E-state index is -0.253. The van der Waals surface area contributed by atoms with Crippen LogP contribution in [0.3, 0.4) is 0 Å². The summed E-state index contributed by atoms with van der Waals surface area (Å²) in [6, 6.07) is 15.1. The minimum absolute atomic E-state index is 0.0195. The van der Waals surface area contributed by atoms with Crippen molar-refractivity contribution < 1.29 is 14.3 Å². The highest BCUT2D eigenvalue weighted by Crippen LogP contribution is 2.31. The van der Waals surface area contributed by atoms with E-state index in [2.05, 4.69) is 14.9 Å². The first-order valence-electron chi connectivity index (χ1n) is 10.1. The van der Waals surface area contributed by atoms with E-state index in [1.807, 2.05) is 62.4 Å². The second-order valence-electron chi connectivity index (χ2n) is 7.75. The predicted molar refractivity (Wildman–Crippen MR) is 116 cm³/mol. The van der Waals surface area contributed by atoms with Gasteiger partial charge in [-0.25, -0.2) is 4.98 Å². The molecule has 1 saturated heterocycles. The number of aryl methyl sites for hydroxylation is 1. The summed E-state index contributed by atoms with van der Waals surface area (Å²) in [4.78, 5) is 31.7. The third kappa shape index (κ3) is 3.75. The number of amides is 2. The molecule has 1 aliphatic rings. The van der Waals surface area contributed by atoms with Crippen molar-refractivity contribution in [3.63, 3.8) is 0 Å². The number of carbonyl (C=O) groups excluding carboxylic acids is 2. The maximum absolute atomic E-state index is 12.8. The molecule has 156 valence electrons. The molecule has 0 spiro atoms. The first kappa shape index (κ1) is 19.9. The molecule has 1 aliphatic heterocycles. The van der Waals surface area contributed by atoms with Crippen LogP contribution in [-0.2, 0) is 16.1 Å². The molecule has 0 aliphatic carbocycles. The lowest BCUT2D eigenvalue weighted by Gasteiger charge is -2.21. The van der Waals surface area contributed by atoms with E-state index >= 15 is 0 Å². The molecule has 30 heavy (non-hydrogen) atoms. The number of hydrogen-bond donors (Lipinski definition) is 1. The molecule has 2 atom stereocenters. The molecule has 4 rings (SSSR count). The lowest BCUT2D eigenvalue weighted by Crippen LogP contribution is -2.41. The molecule has 0 saturated carbocycles. The second-order valence-corrected chi connectivity index (χ2v) is 7.75. The molecule has 1 aromatic heterocycles. The van der Waals surface area contributed by atoms with Crippen LogP contribution in [0.4, 0.5) is 5.69 Å². The number of aromatic nitrogens is 2. The number of methoxy groups -OCH3 is 1. The standard InChI is InChI=1S/C23H26N4O3/c1-15(13-26-16(2)24-18-8-4-5-9-19(18)26)23(29)25-17-12-22(28)27(14-17)20-10-6-7-11-21(20)30-3/h4-11,15,17H,12-14H2,1-3H3,(H,25,29)/t15-,17+/m0/s1. The van der Waals surface area contributed by atoms with Gasteiger partial charge >= 0.3 is 0 Å². The Morgan fingerprint density at radius 1 is 1.23 bits per heavy atom. The molecule has 0 bridgehead atoms. The molecular weight excluding hydrogens is 380 g/mol. The van der Waals surface area contributed by atoms with Crippen LogP contribution in [0.1, 0.15) is 19.2 Å². The number of anilines is 1. The summed E-state index contributed by atoms with van der Waals surface area (Å²) < 4.78 is 7.45. The quantitative estimate of drug-likeness (QED) is 0.683. The molecule has 7 heteroatoms. The molecule has 2 aromatic carbocycles. The molecule has 2 amide bonds. The predicted octanol–water partition coefficient (Wildman–Crippen LogP) is 2.91. The first-order chi connectivity index (χ1) is 14.5. The fourth-order valence-electron chi connectivity index (χ4n) is 4.02. The van der Waals surface area contributed by atoms with Crippen LogP contribution in [0.2, 0.25) is 0 Å². The maximum atomic E-state index is 12.8. The number of fused-ring (bicyclic) bond motifs is 1. The Kier molecular flexibility index (Phi) is 5.44. The van der Waals surface area contributed by atoms with Gasteiger partial charge in [0, 0.05) is 19.5 Å². The van der Waals surface area contributed by atoms with Gasteiger partial charge in [-0.2, -0.15) is 0 Å². The Morgan fingerprint density at radius 2 is 1.97 bits per heavy atom. The Bertz CT molecular complexity index is 1090. The largest absolute Gasteiger partial charge is 0.495 e. The van der Waals surface area contributed by atoms with E-state index in [-0.39, 0.29) is 30.2 Å². The summed E-state index contributed by atoms with van der Waals surface area (Å²) in [6.45, 7) is 4.82. The van der Waals surface area contributed by atoms with E-state index in [0.29, 0.717) is 18.8 Å². The van der Waals surface area contributed by atoms with Crippen molar-refractivity contribution in [2.75, 3.05) is 18.6 Å². The van der Waals surface area contributed by atoms with Crippen molar-refractivity contribution in [2.45, 2.75) is 32.9 Å². The number of nitrogens with zero attached hydrogens (tertiary/aromatic N) is 3. The number of ether oxygens (including phenoxy) is 1. The van der Waals surface area contributed by atoms with Crippen molar-refractivity contribution >= 4 is 28.5 Å². The highest BCUT2D eigenvalue weighted by molar-refractivity contribution is 5.98. The number of rotatable bonds is 6. The zero-order valence-electron chi connectivity index (χ0n) is 17.5. The van der Waals surface area contributed by atoms with E-state index in [9.17, 15) is 9.59 Å². The number of para-hydroxylation sites is 4. The van der Waals surface area contributed by atoms with Gasteiger partial charge < -0.3 is 19.5 Å². The normalized spacial score (nSPS) is 17.4. The smallest absolute Gasteiger partial charge is 0.229 e. The van der Waals surface area contributed by atoms with Gasteiger partial charge in [0.15, 0.2) is 0 Å². The SMILES string of the molecule is COc1ccccc1N1C[C@H](NC(=O)[C@@H](C)Cn2c(C)nc3ccccc32)CC1=O. The third-order valence-electron chi connectivity index (χ3n) is 5.60. The summed E-state index contributed by atoms with van der Waals surface area (Å²) >= 11 is 0. The third-order valence-corrected chi connectivity index (χ3v) is 5.60. The molecular formula is C23H26N4O3. The number of hydrogen-bond acceptors (Lipinski definition) is 4. The van der Waals surface area contributed by atoms with Gasteiger partial charge in [0.2, 0.25) is 11.8 Å². The van der Waals surface area contributed by atoms with E-state index < -0.39 is 0 Å². The summed E-state index contributed by atoms with van der Waals surface area (Å²) in [5.74, 6) is 1.19. The first-order valence-corrected chi connectivity index (χ1v) is 10.1. The van der Waals surface area contributed by atoms with Crippen LogP contribution in [-0.4, -0.2) is 41.1 Å². The van der Waals surface area contributed by atoms with Crippen LogP contribution in [0, 0.1) is 12.8 Å². The van der Waals surface area contributed by atoms with Gasteiger partial charge in [-0.1, -0.05) is 31.2 Å². The average molecular weight is 406 g/mol. The molecule has 7 nitrogen and oxygen atoms in total. The van der Waals surface area contributed by atoms with Crippen molar-refractivity contribution in [3.05, 3.63) is 54.4 Å². The lowest BCUT2D eigenvalue weighted by molar-refractivity contribution is -0.125. The molecule has 0 radical (unpaired) electrons. The molecule has 0 unspecified atom stereocenters. The topological polar surface area (TPSA) is 76.5 Å². The Labute approximate surface area is 175 Å². The van der Waals surface area contributed by atoms with Gasteiger partial charge in [-0.05, 0) is 31.2 Å². The van der Waals surface area contributed by atoms with Crippen molar-refractivity contribution in [1.29, 1.82) is 0 Å². The second kappa shape index (κ2) is 8.18. The van der Waals surface area contributed by atoms with Gasteiger partial charge in [0.1, 0.15) is 11.6 Å². The van der Waals surface area contributed by atoms with Gasteiger partial charge in [-0.15, -0.1) is 0 Å². The number of benzene rings is 2. The number of nitrogens with one attached hydrogen (secondary N) is 1. The van der Waals surface area contributed by atoms with Crippen LogP contribution >= 0.6 is 0 Å². The molecule has 1 N–H and O–H groups in total. The monoisotopic (exact) mass is 406 g/mol. The highest BCUT2D eigenvalue weighted by atomic mass is 16.5. The Balaban J connectivity index is 1.42. The van der Waals surface area contributed by atoms with E-state index in [4.69, 9.17) is 4.74 Å². The maximum Gasteiger partial charge on any atom is 0.229 e. The number of imidazole rings is 1. The summed E-state index contributed by atoms with van der Waals surface area (Å²) in [5.41, 5.74) is 2.68. The summed E-state index contributed by atoms with van der Waals surface area (Å²) in [5, 5.41) is 3.05. The minimum Gasteiger partial charge on any atom is -0.495 e. The fraction of sp³-hybridized carbons (Fsp3) is 0.348. The average Bonchev–Trinajstić information content (AvgIpc) is 3.26. The zero-order chi connectivity index (χ0) is 21.3. The summed E-state index contributed by atoms with van der Waals surface area (Å²) in [7, 11) is 1.59. The van der Waals surface area contributed by atoms with Crippen molar-refractivity contribution in [2.24, 2.45) is 5.92 Å². The Hall–Kier alpha value is -3.35. The lowest BCUT2D eigenvalue weighted by atomic mass is 10.1. The van der Waals surface area contributed by atoms with E-state index in [0.717, 1.165) is 22.5 Å². The Morgan fingerprint density at radius 3 is 2.77 bits per heavy atom. The van der Waals surface area contributed by atoms with Gasteiger partial charge in [0.05, 0.1) is 35.8 Å². The zero-order valence-corrected chi connectivity index (χ0v) is 17.5. The fourth-order valence-corrected chi connectivity index (χ4v) is 4.02. The molecule has 3 aromatic rings. The van der Waals surface area contributed by atoms with Gasteiger partial charge in [0.25, 0.3) is 0 Å². The van der Waals surface area contributed by atoms with Crippen molar-refractivity contribution in [3.8, 4) is 5.75 Å². The summed E-state index contributed by atoms with van der Waals surface area (Å²) in [6.07, 6.45) is 0.281. The van der Waals surface area contributed by atoms with E-state index in [1.165, 1.54) is 0 Å². The van der Waals surface area contributed by atoms with Crippen molar-refractivity contribution in [1.82, 2.24) is 14.9 Å². The van der Waals surface area contributed by atoms with E-state index in [1.54, 1.807) is 12.0 Å². The highest BCUT2D eigenvalue weighted by Gasteiger charge is 2.33. The molecule has 2 heterocycles. The van der Waals surface area contributed by atoms with Crippen LogP contribution < -0.4 is 15.0 Å². The van der Waals surface area contributed by atoms with Gasteiger partial charge in [-0.3, -0.25) is 9.59 Å². The number of carbonyl (C=O) groups is 2. The van der Waals surface area contributed by atoms with Crippen LogP contribution in [0.15, 0.2) is 48.5 Å². The van der Waals surface area contributed by atoms with Crippen LogP contribution in [0.5, 0.6) is 5.75 Å². The molecule has 1 fully saturated rings.